The zero-order chi connectivity index (χ0) is 12.8. The molecule has 1 heterocycles. The Hall–Kier alpha value is -0.620. The number of nitrogens with two attached hydrogens (primary N) is 1. The van der Waals surface area contributed by atoms with Gasteiger partial charge >= 0.3 is 0 Å². The Kier molecular flexibility index (Phi) is 9.84. The lowest BCUT2D eigenvalue weighted by Gasteiger charge is -2.26. The summed E-state index contributed by atoms with van der Waals surface area (Å²) in [7, 11) is 0. The van der Waals surface area contributed by atoms with E-state index in [2.05, 4.69) is 10.2 Å². The fraction of sp³-hybridized carbons (Fsp3) is 0.462. The lowest BCUT2D eigenvalue weighted by molar-refractivity contribution is 0.0950. The molecule has 3 N–H and O–H groups in total. The first-order chi connectivity index (χ1) is 8.77. The van der Waals surface area contributed by atoms with E-state index in [9.17, 15) is 4.79 Å². The third-order valence-corrected chi connectivity index (χ3v) is 3.97. The SMILES string of the molecule is Cl.Cl.Nc1ccccc1C(=O)NCCN1CCSCC1. The highest BCUT2D eigenvalue weighted by molar-refractivity contribution is 7.99. The number of halogens is 2. The van der Waals surface area contributed by atoms with Crippen molar-refractivity contribution in [2.24, 2.45) is 0 Å². The Labute approximate surface area is 136 Å². The van der Waals surface area contributed by atoms with Crippen LogP contribution in [-0.4, -0.2) is 48.5 Å². The van der Waals surface area contributed by atoms with Crippen molar-refractivity contribution < 1.29 is 4.79 Å². The van der Waals surface area contributed by atoms with Gasteiger partial charge in [-0.3, -0.25) is 9.69 Å². The second-order valence-electron chi connectivity index (χ2n) is 4.30. The predicted octanol–water partition coefficient (Wildman–Crippen LogP) is 1.89. The summed E-state index contributed by atoms with van der Waals surface area (Å²) in [4.78, 5) is 14.3. The Morgan fingerprint density at radius 1 is 1.25 bits per heavy atom. The molecule has 2 rings (SSSR count). The van der Waals surface area contributed by atoms with Gasteiger partial charge in [-0.2, -0.15) is 11.8 Å². The van der Waals surface area contributed by atoms with Crippen molar-refractivity contribution >= 4 is 48.2 Å². The van der Waals surface area contributed by atoms with Crippen LogP contribution < -0.4 is 11.1 Å². The molecule has 0 atom stereocenters. The largest absolute Gasteiger partial charge is 0.398 e. The molecule has 1 aliphatic rings. The lowest BCUT2D eigenvalue weighted by atomic mass is 10.1. The molecule has 114 valence electrons. The van der Waals surface area contributed by atoms with Crippen molar-refractivity contribution in [1.82, 2.24) is 10.2 Å². The Morgan fingerprint density at radius 2 is 1.90 bits per heavy atom. The van der Waals surface area contributed by atoms with Gasteiger partial charge in [0.1, 0.15) is 0 Å². The molecule has 0 radical (unpaired) electrons. The van der Waals surface area contributed by atoms with Crippen LogP contribution in [0.15, 0.2) is 24.3 Å². The Bertz CT molecular complexity index is 414. The van der Waals surface area contributed by atoms with Crippen LogP contribution in [0.25, 0.3) is 0 Å². The van der Waals surface area contributed by atoms with Gasteiger partial charge in [-0.05, 0) is 12.1 Å². The van der Waals surface area contributed by atoms with Crippen molar-refractivity contribution in [3.63, 3.8) is 0 Å². The van der Waals surface area contributed by atoms with Crippen LogP contribution in [0.3, 0.4) is 0 Å². The van der Waals surface area contributed by atoms with Crippen molar-refractivity contribution in [1.29, 1.82) is 0 Å². The fourth-order valence-corrected chi connectivity index (χ4v) is 2.93. The molecule has 1 saturated heterocycles. The minimum Gasteiger partial charge on any atom is -0.398 e. The summed E-state index contributed by atoms with van der Waals surface area (Å²) < 4.78 is 0. The maximum atomic E-state index is 11.9. The number of hydrogen-bond donors (Lipinski definition) is 2. The van der Waals surface area contributed by atoms with Gasteiger partial charge < -0.3 is 11.1 Å². The highest BCUT2D eigenvalue weighted by atomic mass is 35.5. The van der Waals surface area contributed by atoms with Crippen LogP contribution in [0.1, 0.15) is 10.4 Å². The average Bonchev–Trinajstić information content (AvgIpc) is 2.40. The molecule has 7 heteroatoms. The molecular formula is C13H21Cl2N3OS. The first kappa shape index (κ1) is 19.4. The fourth-order valence-electron chi connectivity index (χ4n) is 1.95. The maximum Gasteiger partial charge on any atom is 0.253 e. The highest BCUT2D eigenvalue weighted by Crippen LogP contribution is 2.10. The number of carbonyl (C=O) groups is 1. The van der Waals surface area contributed by atoms with Crippen molar-refractivity contribution in [3.05, 3.63) is 29.8 Å². The molecule has 0 aliphatic carbocycles. The van der Waals surface area contributed by atoms with E-state index in [1.165, 1.54) is 11.5 Å². The van der Waals surface area contributed by atoms with Gasteiger partial charge in [-0.1, -0.05) is 12.1 Å². The van der Waals surface area contributed by atoms with Gasteiger partial charge in [0.05, 0.1) is 5.56 Å². The number of rotatable bonds is 4. The van der Waals surface area contributed by atoms with E-state index in [0.717, 1.165) is 19.6 Å². The van der Waals surface area contributed by atoms with E-state index in [4.69, 9.17) is 5.73 Å². The van der Waals surface area contributed by atoms with Crippen LogP contribution >= 0.6 is 36.6 Å². The molecule has 0 saturated carbocycles. The molecule has 0 aromatic heterocycles. The third-order valence-electron chi connectivity index (χ3n) is 3.02. The summed E-state index contributed by atoms with van der Waals surface area (Å²) in [5.74, 6) is 2.30. The van der Waals surface area contributed by atoms with E-state index in [0.29, 0.717) is 17.8 Å². The maximum absolute atomic E-state index is 11.9. The number of hydrogen-bond acceptors (Lipinski definition) is 4. The van der Waals surface area contributed by atoms with E-state index in [1.54, 1.807) is 12.1 Å². The standard InChI is InChI=1S/C13H19N3OS.2ClH/c14-12-4-2-1-3-11(12)13(17)15-5-6-16-7-9-18-10-8-16;;/h1-4H,5-10,14H2,(H,15,17);2*1H. The topological polar surface area (TPSA) is 58.4 Å². The number of benzene rings is 1. The normalized spacial score (nSPS) is 14.8. The highest BCUT2D eigenvalue weighted by Gasteiger charge is 2.11. The van der Waals surface area contributed by atoms with Gasteiger partial charge in [0.2, 0.25) is 0 Å². The van der Waals surface area contributed by atoms with Crippen LogP contribution in [0.5, 0.6) is 0 Å². The van der Waals surface area contributed by atoms with Gasteiger partial charge in [-0.15, -0.1) is 24.8 Å². The number of amides is 1. The number of thioether (sulfide) groups is 1. The summed E-state index contributed by atoms with van der Waals surface area (Å²) in [5, 5.41) is 2.92. The van der Waals surface area contributed by atoms with Crippen molar-refractivity contribution in [2.45, 2.75) is 0 Å². The molecule has 0 spiro atoms. The number of anilines is 1. The first-order valence-electron chi connectivity index (χ1n) is 6.20. The van der Waals surface area contributed by atoms with Crippen LogP contribution in [0.2, 0.25) is 0 Å². The van der Waals surface area contributed by atoms with E-state index in [1.807, 2.05) is 23.9 Å². The van der Waals surface area contributed by atoms with Crippen LogP contribution in [0.4, 0.5) is 5.69 Å². The molecule has 1 amide bonds. The number of carbonyl (C=O) groups excluding carboxylic acids is 1. The zero-order valence-electron chi connectivity index (χ0n) is 11.2. The Morgan fingerprint density at radius 3 is 2.55 bits per heavy atom. The smallest absolute Gasteiger partial charge is 0.253 e. The van der Waals surface area contributed by atoms with Crippen molar-refractivity contribution in [3.8, 4) is 0 Å². The van der Waals surface area contributed by atoms with Gasteiger partial charge in [-0.25, -0.2) is 0 Å². The molecule has 4 nitrogen and oxygen atoms in total. The summed E-state index contributed by atoms with van der Waals surface area (Å²) in [5.41, 5.74) is 6.86. The average molecular weight is 338 g/mol. The Balaban J connectivity index is 0.00000180. The summed E-state index contributed by atoms with van der Waals surface area (Å²) in [6, 6.07) is 7.16. The quantitative estimate of drug-likeness (QED) is 0.824. The lowest BCUT2D eigenvalue weighted by Crippen LogP contribution is -2.39. The van der Waals surface area contributed by atoms with Crippen molar-refractivity contribution in [2.75, 3.05) is 43.4 Å². The summed E-state index contributed by atoms with van der Waals surface area (Å²) in [6.07, 6.45) is 0. The molecule has 1 aromatic carbocycles. The molecule has 0 unspecified atom stereocenters. The molecular weight excluding hydrogens is 317 g/mol. The van der Waals surface area contributed by atoms with E-state index < -0.39 is 0 Å². The number of nitrogens with zero attached hydrogens (tertiary/aromatic N) is 1. The van der Waals surface area contributed by atoms with Crippen LogP contribution in [0, 0.1) is 0 Å². The number of nitrogen functional groups attached to an aromatic ring is 1. The minimum absolute atomic E-state index is 0. The summed E-state index contributed by atoms with van der Waals surface area (Å²) in [6.45, 7) is 3.83. The van der Waals surface area contributed by atoms with Gasteiger partial charge in [0.15, 0.2) is 0 Å². The minimum atomic E-state index is -0.0838. The van der Waals surface area contributed by atoms with Gasteiger partial charge in [0, 0.05) is 43.4 Å². The monoisotopic (exact) mass is 337 g/mol. The summed E-state index contributed by atoms with van der Waals surface area (Å²) >= 11 is 1.99. The third kappa shape index (κ3) is 5.79. The van der Waals surface area contributed by atoms with E-state index in [-0.39, 0.29) is 30.7 Å². The van der Waals surface area contributed by atoms with Crippen LogP contribution in [-0.2, 0) is 0 Å². The first-order valence-corrected chi connectivity index (χ1v) is 7.35. The van der Waals surface area contributed by atoms with Gasteiger partial charge in [0.25, 0.3) is 5.91 Å². The number of nitrogens with one attached hydrogen (secondary N) is 1. The van der Waals surface area contributed by atoms with E-state index >= 15 is 0 Å². The molecule has 20 heavy (non-hydrogen) atoms. The molecule has 1 fully saturated rings. The number of para-hydroxylation sites is 1. The molecule has 0 bridgehead atoms. The molecule has 1 aliphatic heterocycles. The molecule has 1 aromatic rings. The predicted molar refractivity (Wildman–Crippen MR) is 91.4 cm³/mol. The second-order valence-corrected chi connectivity index (χ2v) is 5.52. The zero-order valence-corrected chi connectivity index (χ0v) is 13.7. The second kappa shape index (κ2) is 10.2.